The predicted molar refractivity (Wildman–Crippen MR) is 59.0 cm³/mol. The fraction of sp³-hybridized carbons (Fsp3) is 0.571. The summed E-state index contributed by atoms with van der Waals surface area (Å²) < 4.78 is 2.01. The smallest absolute Gasteiger partial charge is 0.187 e. The third-order valence-electron chi connectivity index (χ3n) is 1.91. The zero-order valence-corrected chi connectivity index (χ0v) is 10.4. The number of thiazole rings is 1. The van der Waals surface area contributed by atoms with Gasteiger partial charge in [-0.05, 0) is 44.7 Å². The highest BCUT2D eigenvalue weighted by molar-refractivity contribution is 9.13. The van der Waals surface area contributed by atoms with Crippen molar-refractivity contribution in [3.8, 4) is 0 Å². The van der Waals surface area contributed by atoms with E-state index >= 15 is 0 Å². The highest BCUT2D eigenvalue weighted by atomic mass is 79.9. The van der Waals surface area contributed by atoms with Crippen LogP contribution in [0.15, 0.2) is 8.39 Å². The van der Waals surface area contributed by atoms with Crippen LogP contribution < -0.4 is 4.90 Å². The molecule has 12 heavy (non-hydrogen) atoms. The zero-order valence-electron chi connectivity index (χ0n) is 6.39. The minimum Gasteiger partial charge on any atom is -0.348 e. The molecule has 0 bridgehead atoms. The van der Waals surface area contributed by atoms with Crippen molar-refractivity contribution < 1.29 is 0 Å². The Morgan fingerprint density at radius 3 is 2.42 bits per heavy atom. The molecule has 0 unspecified atom stereocenters. The zero-order chi connectivity index (χ0) is 8.55. The summed E-state index contributed by atoms with van der Waals surface area (Å²) in [5.41, 5.74) is 0. The highest BCUT2D eigenvalue weighted by Crippen LogP contribution is 2.35. The molecule has 1 fully saturated rings. The minimum absolute atomic E-state index is 0.925. The van der Waals surface area contributed by atoms with Crippen molar-refractivity contribution in [2.75, 3.05) is 18.0 Å². The molecule has 2 heterocycles. The van der Waals surface area contributed by atoms with Crippen LogP contribution in [0.25, 0.3) is 0 Å². The lowest BCUT2D eigenvalue weighted by Crippen LogP contribution is -2.16. The maximum atomic E-state index is 4.41. The first-order valence-electron chi connectivity index (χ1n) is 3.84. The second kappa shape index (κ2) is 3.64. The van der Waals surface area contributed by atoms with Crippen LogP contribution in [-0.4, -0.2) is 18.1 Å². The fourth-order valence-electron chi connectivity index (χ4n) is 1.32. The molecule has 0 spiro atoms. The molecule has 0 atom stereocenters. The molecule has 0 aromatic carbocycles. The van der Waals surface area contributed by atoms with E-state index in [0.29, 0.717) is 0 Å². The summed E-state index contributed by atoms with van der Waals surface area (Å²) in [5, 5.41) is 1.13. The highest BCUT2D eigenvalue weighted by Gasteiger charge is 2.16. The van der Waals surface area contributed by atoms with Crippen molar-refractivity contribution in [3.63, 3.8) is 0 Å². The Labute approximate surface area is 92.2 Å². The molecular formula is C7H8Br2N2S. The van der Waals surface area contributed by atoms with Gasteiger partial charge in [0, 0.05) is 13.1 Å². The largest absolute Gasteiger partial charge is 0.348 e. The first-order chi connectivity index (χ1) is 5.77. The molecule has 1 aliphatic heterocycles. The third-order valence-corrected chi connectivity index (χ3v) is 5.05. The molecule has 0 aliphatic carbocycles. The maximum Gasteiger partial charge on any atom is 0.187 e. The second-order valence-corrected chi connectivity index (χ2v) is 5.80. The first-order valence-corrected chi connectivity index (χ1v) is 6.24. The number of nitrogens with zero attached hydrogens (tertiary/aromatic N) is 2. The molecule has 1 aromatic heterocycles. The number of aromatic nitrogens is 1. The monoisotopic (exact) mass is 310 g/mol. The first kappa shape index (κ1) is 8.97. The summed E-state index contributed by atoms with van der Waals surface area (Å²) in [5.74, 6) is 0. The summed E-state index contributed by atoms with van der Waals surface area (Å²) in [7, 11) is 0. The molecule has 0 amide bonds. The maximum absolute atomic E-state index is 4.41. The van der Waals surface area contributed by atoms with Gasteiger partial charge in [0.25, 0.3) is 0 Å². The molecular weight excluding hydrogens is 304 g/mol. The molecule has 2 nitrogen and oxygen atoms in total. The van der Waals surface area contributed by atoms with Gasteiger partial charge in [-0.15, -0.1) is 0 Å². The van der Waals surface area contributed by atoms with Gasteiger partial charge < -0.3 is 4.90 Å². The lowest BCUT2D eigenvalue weighted by Gasteiger charge is -2.11. The Balaban J connectivity index is 2.21. The molecule has 1 aromatic rings. The Kier molecular flexibility index (Phi) is 2.72. The predicted octanol–water partition coefficient (Wildman–Crippen LogP) is 3.27. The molecule has 0 saturated carbocycles. The Hall–Kier alpha value is 0.390. The van der Waals surface area contributed by atoms with Crippen LogP contribution >= 0.6 is 43.2 Å². The van der Waals surface area contributed by atoms with Crippen LogP contribution in [-0.2, 0) is 0 Å². The molecule has 0 radical (unpaired) electrons. The van der Waals surface area contributed by atoms with Crippen molar-refractivity contribution in [3.05, 3.63) is 8.39 Å². The summed E-state index contributed by atoms with van der Waals surface area (Å²) in [6.45, 7) is 2.32. The second-order valence-electron chi connectivity index (χ2n) is 2.76. The summed E-state index contributed by atoms with van der Waals surface area (Å²) in [6.07, 6.45) is 2.60. The topological polar surface area (TPSA) is 16.1 Å². The van der Waals surface area contributed by atoms with Gasteiger partial charge in [-0.3, -0.25) is 0 Å². The van der Waals surface area contributed by atoms with Gasteiger partial charge in [0.1, 0.15) is 8.39 Å². The van der Waals surface area contributed by atoms with E-state index in [1.165, 1.54) is 12.8 Å². The van der Waals surface area contributed by atoms with E-state index in [0.717, 1.165) is 26.6 Å². The van der Waals surface area contributed by atoms with Crippen molar-refractivity contribution >= 4 is 48.3 Å². The van der Waals surface area contributed by atoms with E-state index in [1.807, 2.05) is 0 Å². The van der Waals surface area contributed by atoms with Crippen molar-refractivity contribution in [1.29, 1.82) is 0 Å². The number of hydrogen-bond acceptors (Lipinski definition) is 3. The van der Waals surface area contributed by atoms with E-state index in [9.17, 15) is 0 Å². The number of halogens is 2. The van der Waals surface area contributed by atoms with Gasteiger partial charge in [-0.1, -0.05) is 11.3 Å². The Morgan fingerprint density at radius 2 is 1.92 bits per heavy atom. The molecule has 66 valence electrons. The van der Waals surface area contributed by atoms with E-state index in [1.54, 1.807) is 11.3 Å². The van der Waals surface area contributed by atoms with Crippen LogP contribution in [0.5, 0.6) is 0 Å². The summed E-state index contributed by atoms with van der Waals surface area (Å²) in [6, 6.07) is 0. The van der Waals surface area contributed by atoms with Crippen LogP contribution in [0.3, 0.4) is 0 Å². The van der Waals surface area contributed by atoms with Crippen LogP contribution in [0.2, 0.25) is 0 Å². The lowest BCUT2D eigenvalue weighted by molar-refractivity contribution is 0.949. The van der Waals surface area contributed by atoms with Crippen LogP contribution in [0, 0.1) is 0 Å². The van der Waals surface area contributed by atoms with E-state index in [2.05, 4.69) is 41.7 Å². The van der Waals surface area contributed by atoms with E-state index < -0.39 is 0 Å². The molecule has 2 rings (SSSR count). The van der Waals surface area contributed by atoms with Gasteiger partial charge in [-0.2, -0.15) is 0 Å². The summed E-state index contributed by atoms with van der Waals surface area (Å²) >= 11 is 8.53. The van der Waals surface area contributed by atoms with E-state index in [4.69, 9.17) is 0 Å². The van der Waals surface area contributed by atoms with Gasteiger partial charge in [0.2, 0.25) is 0 Å². The fourth-order valence-corrected chi connectivity index (χ4v) is 3.11. The quantitative estimate of drug-likeness (QED) is 0.791. The minimum atomic E-state index is 0.925. The van der Waals surface area contributed by atoms with Gasteiger partial charge in [0.05, 0.1) is 0 Å². The molecule has 1 aliphatic rings. The average molecular weight is 312 g/mol. The number of hydrogen-bond donors (Lipinski definition) is 0. The molecule has 0 N–H and O–H groups in total. The lowest BCUT2D eigenvalue weighted by atomic mass is 10.4. The van der Waals surface area contributed by atoms with Crippen molar-refractivity contribution in [1.82, 2.24) is 4.98 Å². The van der Waals surface area contributed by atoms with Crippen molar-refractivity contribution in [2.45, 2.75) is 12.8 Å². The molecule has 5 heteroatoms. The van der Waals surface area contributed by atoms with Gasteiger partial charge >= 0.3 is 0 Å². The average Bonchev–Trinajstić information content (AvgIpc) is 2.61. The standard InChI is InChI=1S/C7H8Br2N2S/c8-5-6(9)12-7(10-5)11-3-1-2-4-11/h1-4H2. The van der Waals surface area contributed by atoms with Crippen molar-refractivity contribution in [2.24, 2.45) is 0 Å². The number of anilines is 1. The molecule has 1 saturated heterocycles. The SMILES string of the molecule is Brc1nc(N2CCCC2)sc1Br. The normalized spacial score (nSPS) is 17.3. The van der Waals surface area contributed by atoms with Gasteiger partial charge in [0.15, 0.2) is 5.13 Å². The Morgan fingerprint density at radius 1 is 1.25 bits per heavy atom. The number of rotatable bonds is 1. The van der Waals surface area contributed by atoms with Crippen LogP contribution in [0.4, 0.5) is 5.13 Å². The summed E-state index contributed by atoms with van der Waals surface area (Å²) in [4.78, 5) is 6.74. The van der Waals surface area contributed by atoms with E-state index in [-0.39, 0.29) is 0 Å². The van der Waals surface area contributed by atoms with Gasteiger partial charge in [-0.25, -0.2) is 4.98 Å². The Bertz CT molecular complexity index is 261. The van der Waals surface area contributed by atoms with Crippen LogP contribution in [0.1, 0.15) is 12.8 Å². The third kappa shape index (κ3) is 1.67.